The van der Waals surface area contributed by atoms with Crippen LogP contribution in [0.5, 0.6) is 0 Å². The number of benzene rings is 2. The third-order valence-electron chi connectivity index (χ3n) is 3.67. The summed E-state index contributed by atoms with van der Waals surface area (Å²) in [6.07, 6.45) is 0.560. The smallest absolute Gasteiger partial charge is 0.258 e. The van der Waals surface area contributed by atoms with Gasteiger partial charge in [0.15, 0.2) is 0 Å². The Hall–Kier alpha value is -2.73. The second-order valence-electron chi connectivity index (χ2n) is 5.30. The van der Waals surface area contributed by atoms with Gasteiger partial charge in [-0.2, -0.15) is 0 Å². The number of aliphatic imine (C=N–C) groups is 1. The van der Waals surface area contributed by atoms with E-state index in [-0.39, 0.29) is 11.7 Å². The fourth-order valence-corrected chi connectivity index (χ4v) is 3.40. The molecular formula is C18H13N3O2S2. The van der Waals surface area contributed by atoms with Crippen LogP contribution in [-0.2, 0) is 6.42 Å². The third kappa shape index (κ3) is 4.22. The Bertz CT molecular complexity index is 917. The summed E-state index contributed by atoms with van der Waals surface area (Å²) in [5.74, 6) is 0. The van der Waals surface area contributed by atoms with Gasteiger partial charge in [0.05, 0.1) is 21.8 Å². The van der Waals surface area contributed by atoms with Crippen molar-refractivity contribution in [3.8, 4) is 10.6 Å². The van der Waals surface area contributed by atoms with E-state index in [0.717, 1.165) is 21.8 Å². The summed E-state index contributed by atoms with van der Waals surface area (Å²) in [5.41, 5.74) is 2.87. The molecule has 0 aliphatic carbocycles. The summed E-state index contributed by atoms with van der Waals surface area (Å²) in [7, 11) is 0. The first-order chi connectivity index (χ1) is 12.2. The van der Waals surface area contributed by atoms with Crippen molar-refractivity contribution in [2.45, 2.75) is 12.5 Å². The zero-order valence-electron chi connectivity index (χ0n) is 13.0. The maximum atomic E-state index is 10.8. The molecule has 0 spiro atoms. The van der Waals surface area contributed by atoms with Crippen LogP contribution in [0.1, 0.15) is 17.3 Å². The normalized spacial score (nSPS) is 11.5. The van der Waals surface area contributed by atoms with Crippen molar-refractivity contribution in [1.29, 1.82) is 0 Å². The molecule has 0 saturated heterocycles. The standard InChI is InChI=1S/C18H13N3O2S2/c22-21(23)16-8-6-13(7-9-16)17(19-12-24)10-15-11-25-18(20-15)14-4-2-1-3-5-14/h1-9,11,17H,10H2. The van der Waals surface area contributed by atoms with Crippen LogP contribution in [0, 0.1) is 10.1 Å². The van der Waals surface area contributed by atoms with Gasteiger partial charge in [-0.15, -0.1) is 11.3 Å². The van der Waals surface area contributed by atoms with Crippen molar-refractivity contribution in [2.24, 2.45) is 4.99 Å². The average Bonchev–Trinajstić information content (AvgIpc) is 3.11. The fraction of sp³-hybridized carbons (Fsp3) is 0.111. The largest absolute Gasteiger partial charge is 0.269 e. The van der Waals surface area contributed by atoms with E-state index in [0.29, 0.717) is 6.42 Å². The monoisotopic (exact) mass is 367 g/mol. The highest BCUT2D eigenvalue weighted by Crippen LogP contribution is 2.28. The molecule has 0 N–H and O–H groups in total. The van der Waals surface area contributed by atoms with Crippen molar-refractivity contribution in [1.82, 2.24) is 4.98 Å². The van der Waals surface area contributed by atoms with Crippen molar-refractivity contribution in [3.63, 3.8) is 0 Å². The molecule has 1 unspecified atom stereocenters. The molecule has 0 bridgehead atoms. The van der Waals surface area contributed by atoms with Crippen LogP contribution < -0.4 is 0 Å². The Kier molecular flexibility index (Phi) is 5.40. The predicted molar refractivity (Wildman–Crippen MR) is 102 cm³/mol. The molecule has 2 aromatic carbocycles. The first kappa shape index (κ1) is 17.1. The summed E-state index contributed by atoms with van der Waals surface area (Å²) in [4.78, 5) is 19.2. The summed E-state index contributed by atoms with van der Waals surface area (Å²) >= 11 is 6.33. The minimum atomic E-state index is -0.423. The number of aromatic nitrogens is 1. The number of hydrogen-bond acceptors (Lipinski definition) is 6. The first-order valence-corrected chi connectivity index (χ1v) is 8.77. The van der Waals surface area contributed by atoms with Gasteiger partial charge < -0.3 is 0 Å². The van der Waals surface area contributed by atoms with Crippen molar-refractivity contribution in [2.75, 3.05) is 0 Å². The molecule has 0 fully saturated rings. The Morgan fingerprint density at radius 2 is 1.92 bits per heavy atom. The number of thiazole rings is 1. The molecule has 1 heterocycles. The lowest BCUT2D eigenvalue weighted by Crippen LogP contribution is -2.01. The Morgan fingerprint density at radius 1 is 1.20 bits per heavy atom. The number of nitro groups is 1. The maximum Gasteiger partial charge on any atom is 0.269 e. The van der Waals surface area contributed by atoms with Gasteiger partial charge in [0, 0.05) is 29.5 Å². The Morgan fingerprint density at radius 3 is 2.56 bits per heavy atom. The first-order valence-electron chi connectivity index (χ1n) is 7.48. The number of hydrogen-bond donors (Lipinski definition) is 0. The number of nitrogens with zero attached hydrogens (tertiary/aromatic N) is 3. The van der Waals surface area contributed by atoms with E-state index in [1.54, 1.807) is 23.5 Å². The molecule has 3 aromatic rings. The number of nitro benzene ring substituents is 1. The predicted octanol–water partition coefficient (Wildman–Crippen LogP) is 5.10. The Balaban J connectivity index is 1.82. The van der Waals surface area contributed by atoms with Gasteiger partial charge >= 0.3 is 0 Å². The Labute approximate surface area is 153 Å². The van der Waals surface area contributed by atoms with E-state index >= 15 is 0 Å². The summed E-state index contributed by atoms with van der Waals surface area (Å²) in [5, 5.41) is 16.1. The highest BCUT2D eigenvalue weighted by atomic mass is 32.1. The molecule has 1 atom stereocenters. The zero-order valence-corrected chi connectivity index (χ0v) is 14.7. The number of non-ortho nitro benzene ring substituents is 1. The van der Waals surface area contributed by atoms with Crippen LogP contribution in [0.4, 0.5) is 5.69 Å². The third-order valence-corrected chi connectivity index (χ3v) is 4.72. The van der Waals surface area contributed by atoms with E-state index in [9.17, 15) is 10.1 Å². The lowest BCUT2D eigenvalue weighted by Gasteiger charge is -2.09. The van der Waals surface area contributed by atoms with Crippen LogP contribution in [-0.4, -0.2) is 15.1 Å². The minimum absolute atomic E-state index is 0.0499. The van der Waals surface area contributed by atoms with Gasteiger partial charge in [-0.25, -0.2) is 9.98 Å². The quantitative estimate of drug-likeness (QED) is 0.263. The second kappa shape index (κ2) is 7.90. The molecule has 124 valence electrons. The fourth-order valence-electron chi connectivity index (χ4n) is 2.43. The number of isothiocyanates is 1. The molecule has 1 aromatic heterocycles. The van der Waals surface area contributed by atoms with E-state index < -0.39 is 4.92 Å². The van der Waals surface area contributed by atoms with Gasteiger partial charge in [0.2, 0.25) is 0 Å². The molecule has 7 heteroatoms. The maximum absolute atomic E-state index is 10.8. The number of rotatable bonds is 6. The zero-order chi connectivity index (χ0) is 17.6. The summed E-state index contributed by atoms with van der Waals surface area (Å²) < 4.78 is 0. The molecular weight excluding hydrogens is 354 g/mol. The van der Waals surface area contributed by atoms with E-state index in [1.165, 1.54) is 12.1 Å². The SMILES string of the molecule is O=[N+]([O-])c1ccc(C(Cc2csc(-c3ccccc3)n2)N=C=S)cc1. The summed E-state index contributed by atoms with van der Waals surface area (Å²) in [6.45, 7) is 0. The van der Waals surface area contributed by atoms with Crippen LogP contribution in [0.3, 0.4) is 0 Å². The van der Waals surface area contributed by atoms with E-state index in [4.69, 9.17) is 12.2 Å². The van der Waals surface area contributed by atoms with Gasteiger partial charge in [-0.05, 0) is 17.8 Å². The minimum Gasteiger partial charge on any atom is -0.258 e. The van der Waals surface area contributed by atoms with Crippen molar-refractivity contribution < 1.29 is 4.92 Å². The highest BCUT2D eigenvalue weighted by molar-refractivity contribution is 7.78. The lowest BCUT2D eigenvalue weighted by atomic mass is 10.0. The molecule has 0 aliphatic heterocycles. The molecule has 0 radical (unpaired) electrons. The van der Waals surface area contributed by atoms with Crippen LogP contribution in [0.25, 0.3) is 10.6 Å². The topological polar surface area (TPSA) is 68.4 Å². The van der Waals surface area contributed by atoms with Gasteiger partial charge in [-0.3, -0.25) is 10.1 Å². The van der Waals surface area contributed by atoms with Gasteiger partial charge in [0.1, 0.15) is 5.01 Å². The lowest BCUT2D eigenvalue weighted by molar-refractivity contribution is -0.384. The molecule has 5 nitrogen and oxygen atoms in total. The van der Waals surface area contributed by atoms with E-state index in [2.05, 4.69) is 15.1 Å². The molecule has 0 amide bonds. The van der Waals surface area contributed by atoms with Gasteiger partial charge in [0.25, 0.3) is 5.69 Å². The molecule has 25 heavy (non-hydrogen) atoms. The molecule has 0 aliphatic rings. The van der Waals surface area contributed by atoms with Crippen LogP contribution in [0.2, 0.25) is 0 Å². The van der Waals surface area contributed by atoms with Crippen molar-refractivity contribution >= 4 is 34.4 Å². The van der Waals surface area contributed by atoms with Gasteiger partial charge in [-0.1, -0.05) is 42.5 Å². The van der Waals surface area contributed by atoms with Crippen LogP contribution in [0.15, 0.2) is 65.0 Å². The summed E-state index contributed by atoms with van der Waals surface area (Å²) in [6, 6.07) is 16.0. The molecule has 0 saturated carbocycles. The van der Waals surface area contributed by atoms with Crippen molar-refractivity contribution in [3.05, 3.63) is 81.3 Å². The van der Waals surface area contributed by atoms with E-state index in [1.807, 2.05) is 35.7 Å². The highest BCUT2D eigenvalue weighted by Gasteiger charge is 2.15. The number of thiocarbonyl (C=S) groups is 1. The molecule has 3 rings (SSSR count). The average molecular weight is 367 g/mol. The second-order valence-corrected chi connectivity index (χ2v) is 6.34. The van der Waals surface area contributed by atoms with Crippen LogP contribution >= 0.6 is 23.6 Å².